The normalized spacial score (nSPS) is 40.9. The molecule has 17 nitrogen and oxygen atoms in total. The average Bonchev–Trinajstić information content (AvgIpc) is 3.97. The van der Waals surface area contributed by atoms with E-state index in [0.29, 0.717) is 51.6 Å². The minimum Gasteiger partial charge on any atom is -0.459 e. The first-order chi connectivity index (χ1) is 34.7. The molecule has 0 aromatic heterocycles. The first kappa shape index (κ1) is 60.7. The number of cyclic esters (lactones) is 1. The van der Waals surface area contributed by atoms with Crippen molar-refractivity contribution < 1.29 is 61.3 Å². The lowest BCUT2D eigenvalue weighted by molar-refractivity contribution is -0.271. The minimum absolute atomic E-state index is 0.0370. The number of rotatable bonds is 15. The van der Waals surface area contributed by atoms with Crippen LogP contribution in [0.3, 0.4) is 0 Å². The highest BCUT2D eigenvalue weighted by atomic mass is 32.2. The standard InChI is InChI=1S/C55H94FN5O12S/c1-15-46-55(10,65)50(62)38(7)60(12)30-33(2)26-54(9,64)51(36(5)48(37(6)52(63)72-46)45-28-53(8,69-14)27-35(4)70-45)73-47-25-43(24-34(3)71-47)59(11)22-20-42-31-61(58-57-42)44(29-56)49(68-13)40-18-16-39(17-19-40)41-21-23-74(66,67)32-41/h16-19,31,33-38,41,43-51,57-58,62,64-65H,15,20-30,32H2,1-14H3/t33-,34-,35+,36+,37-,38-,41?,43?,44-,45?,46-,47+,48+,49-,50-,51-,53+,54-,55-/m1/s1. The first-order valence-electron chi connectivity index (χ1n) is 27.3. The van der Waals surface area contributed by atoms with E-state index in [2.05, 4.69) is 36.8 Å². The van der Waals surface area contributed by atoms with Crippen LogP contribution < -0.4 is 11.0 Å². The van der Waals surface area contributed by atoms with Crippen molar-refractivity contribution in [3.63, 3.8) is 0 Å². The maximum Gasteiger partial charge on any atom is 0.309 e. The zero-order chi connectivity index (χ0) is 54.7. The average molecular weight is 1070 g/mol. The zero-order valence-electron chi connectivity index (χ0n) is 47.0. The van der Waals surface area contributed by atoms with Gasteiger partial charge < -0.3 is 59.0 Å². The molecule has 0 aliphatic carbocycles. The summed E-state index contributed by atoms with van der Waals surface area (Å²) in [5.41, 5.74) is 5.23. The number of methoxy groups -OCH3 is 2. The Kier molecular flexibility index (Phi) is 20.6. The number of alkyl halides is 1. The summed E-state index contributed by atoms with van der Waals surface area (Å²) in [4.78, 5) is 18.9. The van der Waals surface area contributed by atoms with Gasteiger partial charge in [-0.2, -0.15) is 0 Å². The van der Waals surface area contributed by atoms with Crippen molar-refractivity contribution >= 4 is 15.8 Å². The molecule has 19 heteroatoms. The molecule has 6 rings (SSSR count). The number of halogens is 1. The molecule has 0 amide bonds. The number of carbonyl (C=O) groups is 1. The van der Waals surface area contributed by atoms with Crippen LogP contribution in [-0.2, 0) is 43.1 Å². The summed E-state index contributed by atoms with van der Waals surface area (Å²) in [6.45, 7) is 19.5. The van der Waals surface area contributed by atoms with Crippen LogP contribution in [0.1, 0.15) is 144 Å². The highest BCUT2D eigenvalue weighted by molar-refractivity contribution is 7.91. The fraction of sp³-hybridized carbons (Fsp3) is 0.836. The molecule has 0 spiro atoms. The summed E-state index contributed by atoms with van der Waals surface area (Å²) >= 11 is 0. The van der Waals surface area contributed by atoms with Crippen molar-refractivity contribution in [1.82, 2.24) is 25.8 Å². The van der Waals surface area contributed by atoms with E-state index in [-0.39, 0.29) is 48.0 Å². The molecule has 1 aromatic rings. The van der Waals surface area contributed by atoms with Gasteiger partial charge in [-0.3, -0.25) is 9.80 Å². The van der Waals surface area contributed by atoms with Gasteiger partial charge in [0.2, 0.25) is 0 Å². The molecule has 3 unspecified atom stereocenters. The van der Waals surface area contributed by atoms with Gasteiger partial charge in [-0.1, -0.05) is 52.0 Å². The Bertz CT molecular complexity index is 2120. The van der Waals surface area contributed by atoms with Gasteiger partial charge in [-0.05, 0) is 110 Å². The number of aliphatic hydroxyl groups excluding tert-OH is 1. The highest BCUT2D eigenvalue weighted by Gasteiger charge is 2.53. The van der Waals surface area contributed by atoms with Gasteiger partial charge in [0.15, 0.2) is 16.1 Å². The van der Waals surface area contributed by atoms with E-state index in [0.717, 1.165) is 23.2 Å². The smallest absolute Gasteiger partial charge is 0.309 e. The molecule has 0 bridgehead atoms. The number of sulfone groups is 1. The monoisotopic (exact) mass is 1070 g/mol. The van der Waals surface area contributed by atoms with Gasteiger partial charge in [0.05, 0.1) is 53.0 Å². The van der Waals surface area contributed by atoms with Crippen LogP contribution in [0.25, 0.3) is 0 Å². The second-order valence-corrected chi connectivity index (χ2v) is 26.1. The Morgan fingerprint density at radius 3 is 2.28 bits per heavy atom. The van der Waals surface area contributed by atoms with Crippen LogP contribution >= 0.6 is 0 Å². The Hall–Kier alpha value is -2.53. The molecule has 0 radical (unpaired) electrons. The number of esters is 1. The van der Waals surface area contributed by atoms with Crippen LogP contribution in [0, 0.1) is 23.7 Å². The predicted octanol–water partition coefficient (Wildman–Crippen LogP) is 5.79. The molecule has 4 saturated heterocycles. The zero-order valence-corrected chi connectivity index (χ0v) is 47.8. The number of hydrazine groups is 2. The molecule has 5 heterocycles. The first-order valence-corrected chi connectivity index (χ1v) is 29.1. The van der Waals surface area contributed by atoms with Crippen molar-refractivity contribution in [2.45, 2.75) is 210 Å². The van der Waals surface area contributed by atoms with E-state index in [9.17, 15) is 32.9 Å². The molecule has 5 aliphatic rings. The molecule has 4 fully saturated rings. The number of carbonyl (C=O) groups excluding carboxylic acids is 1. The lowest BCUT2D eigenvalue weighted by atomic mass is 9.69. The topological polar surface area (TPSA) is 201 Å². The van der Waals surface area contributed by atoms with E-state index in [1.807, 2.05) is 90.9 Å². The van der Waals surface area contributed by atoms with Crippen LogP contribution in [0.15, 0.2) is 36.2 Å². The van der Waals surface area contributed by atoms with Crippen LogP contribution in [0.2, 0.25) is 0 Å². The van der Waals surface area contributed by atoms with Crippen LogP contribution in [0.4, 0.5) is 4.39 Å². The largest absolute Gasteiger partial charge is 0.459 e. The molecule has 1 aromatic carbocycles. The third-order valence-corrected chi connectivity index (χ3v) is 19.3. The van der Waals surface area contributed by atoms with Gasteiger partial charge in [0.1, 0.15) is 36.6 Å². The van der Waals surface area contributed by atoms with Crippen molar-refractivity contribution in [3.8, 4) is 0 Å². The van der Waals surface area contributed by atoms with Crippen LogP contribution in [0.5, 0.6) is 0 Å². The number of nitrogens with one attached hydrogen (secondary N) is 2. The van der Waals surface area contributed by atoms with Gasteiger partial charge in [0.25, 0.3) is 0 Å². The Balaban J connectivity index is 1.21. The SMILES string of the molecule is CC[C@H]1OC(=O)[C@H](C)[C@@H](C2C[C@@](C)(OC)C[C@H](C)O2)[C@H](C)[C@@H](O[C@H]2CC(N(C)CCC3=CN([C@H](CF)[C@H](OC)c4ccc(C5CCS(=O)(=O)C5)cc4)NN3)C[C@@H](C)O2)[C@](C)(O)C[C@@H](C)CN(C)[C@H](C)[C@@H](O)[C@]1(C)O. The van der Waals surface area contributed by atoms with Gasteiger partial charge >= 0.3 is 5.97 Å². The molecule has 424 valence electrons. The highest BCUT2D eigenvalue weighted by Crippen LogP contribution is 2.45. The fourth-order valence-corrected chi connectivity index (χ4v) is 15.0. The molecular weight excluding hydrogens is 974 g/mol. The third kappa shape index (κ3) is 14.4. The maximum atomic E-state index is 14.9. The van der Waals surface area contributed by atoms with Crippen LogP contribution in [-0.4, -0.2) is 182 Å². The maximum absolute atomic E-state index is 14.9. The van der Waals surface area contributed by atoms with E-state index in [1.165, 1.54) is 6.92 Å². The van der Waals surface area contributed by atoms with E-state index >= 15 is 0 Å². The van der Waals surface area contributed by atoms with Gasteiger partial charge in [-0.25, -0.2) is 12.8 Å². The predicted molar refractivity (Wildman–Crippen MR) is 282 cm³/mol. The van der Waals surface area contributed by atoms with Crippen molar-refractivity contribution in [3.05, 3.63) is 47.3 Å². The second kappa shape index (κ2) is 25.1. The number of nitrogens with zero attached hydrogens (tertiary/aromatic N) is 3. The van der Waals surface area contributed by atoms with Gasteiger partial charge in [-0.15, -0.1) is 5.53 Å². The minimum atomic E-state index is -3.03. The summed E-state index contributed by atoms with van der Waals surface area (Å²) < 4.78 is 78.0. The fourth-order valence-electron chi connectivity index (χ4n) is 13.2. The number of benzene rings is 1. The second-order valence-electron chi connectivity index (χ2n) is 23.9. The molecule has 74 heavy (non-hydrogen) atoms. The lowest BCUT2D eigenvalue weighted by Gasteiger charge is -2.50. The Morgan fingerprint density at radius 1 is 0.986 bits per heavy atom. The summed E-state index contributed by atoms with van der Waals surface area (Å²) in [6.07, 6.45) is 0.770. The van der Waals surface area contributed by atoms with E-state index in [4.69, 9.17) is 28.4 Å². The number of hydrogen-bond donors (Lipinski definition) is 5. The quantitative estimate of drug-likeness (QED) is 0.132. The molecule has 0 saturated carbocycles. The summed E-state index contributed by atoms with van der Waals surface area (Å²) in [5.74, 6) is -2.17. The molecular formula is C55H94FN5O12S. The van der Waals surface area contributed by atoms with Crippen molar-refractivity contribution in [1.29, 1.82) is 0 Å². The van der Waals surface area contributed by atoms with E-state index in [1.54, 1.807) is 19.2 Å². The molecule has 5 N–H and O–H groups in total. The molecule has 19 atom stereocenters. The summed E-state index contributed by atoms with van der Waals surface area (Å²) in [7, 11) is 4.20. The summed E-state index contributed by atoms with van der Waals surface area (Å²) in [6, 6.07) is 6.48. The Labute approximate surface area is 442 Å². The van der Waals surface area contributed by atoms with E-state index < -0.39 is 106 Å². The molecule has 5 aliphatic heterocycles. The third-order valence-electron chi connectivity index (χ3n) is 17.6. The number of likely N-dealkylation sites (N-methyl/N-ethyl adjacent to an activating group) is 1. The number of hydrogen-bond acceptors (Lipinski definition) is 17. The lowest BCUT2D eigenvalue weighted by Crippen LogP contribution is -2.59. The number of aliphatic hydroxyl groups is 3. The summed E-state index contributed by atoms with van der Waals surface area (Å²) in [5, 5.41) is 38.3. The van der Waals surface area contributed by atoms with Crippen molar-refractivity contribution in [2.24, 2.45) is 23.7 Å². The Morgan fingerprint density at radius 2 is 1.68 bits per heavy atom. The van der Waals surface area contributed by atoms with Crippen molar-refractivity contribution in [2.75, 3.05) is 59.6 Å². The number of ether oxygens (including phenoxy) is 6. The van der Waals surface area contributed by atoms with Gasteiger partial charge in [0, 0.05) is 82.9 Å².